The van der Waals surface area contributed by atoms with Gasteiger partial charge in [-0.1, -0.05) is 13.3 Å². The first-order valence-corrected chi connectivity index (χ1v) is 5.69. The molecule has 1 heterocycles. The van der Waals surface area contributed by atoms with Gasteiger partial charge in [0.05, 0.1) is 5.54 Å². The summed E-state index contributed by atoms with van der Waals surface area (Å²) in [5.74, 6) is 1.00. The number of carbonyl (C=O) groups is 1. The summed E-state index contributed by atoms with van der Waals surface area (Å²) in [6.07, 6.45) is 5.55. The zero-order chi connectivity index (χ0) is 10.2. The Kier molecular flexibility index (Phi) is 2.52. The quantitative estimate of drug-likeness (QED) is 0.735. The van der Waals surface area contributed by atoms with Crippen molar-refractivity contribution in [2.75, 3.05) is 13.1 Å². The largest absolute Gasteiger partial charge is 0.339 e. The Morgan fingerprint density at radius 3 is 2.57 bits per heavy atom. The molecule has 0 unspecified atom stereocenters. The molecule has 0 aromatic heterocycles. The van der Waals surface area contributed by atoms with E-state index in [1.54, 1.807) is 0 Å². The number of amides is 1. The predicted molar refractivity (Wildman–Crippen MR) is 55.7 cm³/mol. The summed E-state index contributed by atoms with van der Waals surface area (Å²) in [6.45, 7) is 3.64. The summed E-state index contributed by atoms with van der Waals surface area (Å²) in [5, 5.41) is 0. The molecule has 0 spiro atoms. The van der Waals surface area contributed by atoms with Crippen molar-refractivity contribution in [3.63, 3.8) is 0 Å². The molecule has 0 aromatic rings. The van der Waals surface area contributed by atoms with E-state index >= 15 is 0 Å². The molecule has 1 saturated carbocycles. The van der Waals surface area contributed by atoms with Gasteiger partial charge in [0.15, 0.2) is 0 Å². The van der Waals surface area contributed by atoms with Crippen LogP contribution >= 0.6 is 0 Å². The van der Waals surface area contributed by atoms with Gasteiger partial charge in [-0.25, -0.2) is 0 Å². The Bertz CT molecular complexity index is 229. The zero-order valence-electron chi connectivity index (χ0n) is 8.96. The highest BCUT2D eigenvalue weighted by Crippen LogP contribution is 2.31. The number of hydrogen-bond donors (Lipinski definition) is 1. The van der Waals surface area contributed by atoms with E-state index < -0.39 is 0 Å². The minimum atomic E-state index is -0.0741. The van der Waals surface area contributed by atoms with E-state index in [1.807, 2.05) is 4.90 Å². The Morgan fingerprint density at radius 2 is 2.14 bits per heavy atom. The molecule has 80 valence electrons. The van der Waals surface area contributed by atoms with Gasteiger partial charge in [0, 0.05) is 19.5 Å². The lowest BCUT2D eigenvalue weighted by Gasteiger charge is -2.48. The van der Waals surface area contributed by atoms with E-state index in [4.69, 9.17) is 5.73 Å². The molecule has 0 bridgehead atoms. The van der Waals surface area contributed by atoms with Gasteiger partial charge in [-0.3, -0.25) is 4.79 Å². The molecular formula is C11H20N2O. The van der Waals surface area contributed by atoms with E-state index in [0.29, 0.717) is 11.8 Å². The third kappa shape index (κ3) is 1.78. The van der Waals surface area contributed by atoms with E-state index in [0.717, 1.165) is 25.9 Å². The lowest BCUT2D eigenvalue weighted by atomic mass is 9.81. The van der Waals surface area contributed by atoms with Crippen LogP contribution in [0.1, 0.15) is 39.0 Å². The SMILES string of the molecule is CCC1(N)CN(C(=O)CC2CCC2)C1. The van der Waals surface area contributed by atoms with Crippen LogP contribution in [0.5, 0.6) is 0 Å². The summed E-state index contributed by atoms with van der Waals surface area (Å²) in [4.78, 5) is 13.6. The number of carbonyl (C=O) groups excluding carboxylic acids is 1. The number of rotatable bonds is 3. The van der Waals surface area contributed by atoms with E-state index in [-0.39, 0.29) is 5.54 Å². The summed E-state index contributed by atoms with van der Waals surface area (Å²) in [5.41, 5.74) is 5.94. The van der Waals surface area contributed by atoms with Gasteiger partial charge >= 0.3 is 0 Å². The molecule has 0 aromatic carbocycles. The fourth-order valence-corrected chi connectivity index (χ4v) is 2.19. The highest BCUT2D eigenvalue weighted by atomic mass is 16.2. The van der Waals surface area contributed by atoms with Crippen LogP contribution in [-0.4, -0.2) is 29.4 Å². The molecule has 2 fully saturated rings. The normalized spacial score (nSPS) is 25.4. The molecule has 3 heteroatoms. The van der Waals surface area contributed by atoms with Crippen LogP contribution in [0.15, 0.2) is 0 Å². The highest BCUT2D eigenvalue weighted by molar-refractivity contribution is 5.77. The van der Waals surface area contributed by atoms with Gasteiger partial charge in [-0.2, -0.15) is 0 Å². The van der Waals surface area contributed by atoms with Crippen LogP contribution in [0, 0.1) is 5.92 Å². The first kappa shape index (κ1) is 9.97. The smallest absolute Gasteiger partial charge is 0.222 e. The minimum absolute atomic E-state index is 0.0741. The Morgan fingerprint density at radius 1 is 1.50 bits per heavy atom. The van der Waals surface area contributed by atoms with Crippen LogP contribution in [0.25, 0.3) is 0 Å². The number of nitrogens with two attached hydrogens (primary N) is 1. The maximum atomic E-state index is 11.7. The van der Waals surface area contributed by atoms with Gasteiger partial charge in [-0.05, 0) is 25.2 Å². The molecule has 2 N–H and O–H groups in total. The predicted octanol–water partition coefficient (Wildman–Crippen LogP) is 1.13. The maximum Gasteiger partial charge on any atom is 0.222 e. The Labute approximate surface area is 85.6 Å². The van der Waals surface area contributed by atoms with Crippen LogP contribution in [0.4, 0.5) is 0 Å². The molecule has 1 aliphatic heterocycles. The van der Waals surface area contributed by atoms with Gasteiger partial charge in [0.2, 0.25) is 5.91 Å². The third-order valence-electron chi connectivity index (χ3n) is 3.76. The van der Waals surface area contributed by atoms with Crippen molar-refractivity contribution in [2.45, 2.75) is 44.6 Å². The fourth-order valence-electron chi connectivity index (χ4n) is 2.19. The van der Waals surface area contributed by atoms with Crippen molar-refractivity contribution in [1.82, 2.24) is 4.90 Å². The summed E-state index contributed by atoms with van der Waals surface area (Å²) in [6, 6.07) is 0. The number of likely N-dealkylation sites (tertiary alicyclic amines) is 1. The Balaban J connectivity index is 1.73. The van der Waals surface area contributed by atoms with Crippen molar-refractivity contribution in [3.8, 4) is 0 Å². The van der Waals surface area contributed by atoms with Gasteiger partial charge in [-0.15, -0.1) is 0 Å². The summed E-state index contributed by atoms with van der Waals surface area (Å²) >= 11 is 0. The Hall–Kier alpha value is -0.570. The van der Waals surface area contributed by atoms with Crippen molar-refractivity contribution < 1.29 is 4.79 Å². The van der Waals surface area contributed by atoms with Crippen molar-refractivity contribution in [2.24, 2.45) is 11.7 Å². The first-order chi connectivity index (χ1) is 6.63. The molecule has 1 aliphatic carbocycles. The second-order valence-electron chi connectivity index (χ2n) is 4.97. The lowest BCUT2D eigenvalue weighted by Crippen LogP contribution is -2.68. The second kappa shape index (κ2) is 3.54. The molecule has 0 radical (unpaired) electrons. The monoisotopic (exact) mass is 196 g/mol. The standard InChI is InChI=1S/C11H20N2O/c1-2-11(12)7-13(8-11)10(14)6-9-4-3-5-9/h9H,2-8,12H2,1H3. The topological polar surface area (TPSA) is 46.3 Å². The summed E-state index contributed by atoms with van der Waals surface area (Å²) in [7, 11) is 0. The maximum absolute atomic E-state index is 11.7. The summed E-state index contributed by atoms with van der Waals surface area (Å²) < 4.78 is 0. The van der Waals surface area contributed by atoms with E-state index in [9.17, 15) is 4.79 Å². The third-order valence-corrected chi connectivity index (χ3v) is 3.76. The van der Waals surface area contributed by atoms with E-state index in [1.165, 1.54) is 19.3 Å². The van der Waals surface area contributed by atoms with Crippen LogP contribution in [0.2, 0.25) is 0 Å². The minimum Gasteiger partial charge on any atom is -0.339 e. The van der Waals surface area contributed by atoms with Crippen molar-refractivity contribution in [3.05, 3.63) is 0 Å². The molecule has 0 atom stereocenters. The molecule has 1 saturated heterocycles. The molecule has 3 nitrogen and oxygen atoms in total. The van der Waals surface area contributed by atoms with Crippen LogP contribution in [-0.2, 0) is 4.79 Å². The number of hydrogen-bond acceptors (Lipinski definition) is 2. The molecule has 2 aliphatic rings. The molecule has 1 amide bonds. The molecular weight excluding hydrogens is 176 g/mol. The van der Waals surface area contributed by atoms with Gasteiger partial charge in [0.1, 0.15) is 0 Å². The van der Waals surface area contributed by atoms with Crippen molar-refractivity contribution in [1.29, 1.82) is 0 Å². The average molecular weight is 196 g/mol. The molecule has 14 heavy (non-hydrogen) atoms. The average Bonchev–Trinajstić information content (AvgIpc) is 2.05. The van der Waals surface area contributed by atoms with Crippen LogP contribution < -0.4 is 5.73 Å². The number of nitrogens with zero attached hydrogens (tertiary/aromatic N) is 1. The van der Waals surface area contributed by atoms with Crippen LogP contribution in [0.3, 0.4) is 0 Å². The first-order valence-electron chi connectivity index (χ1n) is 5.69. The second-order valence-corrected chi connectivity index (χ2v) is 4.97. The van der Waals surface area contributed by atoms with Gasteiger partial charge < -0.3 is 10.6 Å². The molecule has 2 rings (SSSR count). The zero-order valence-corrected chi connectivity index (χ0v) is 8.96. The highest BCUT2D eigenvalue weighted by Gasteiger charge is 2.40. The van der Waals surface area contributed by atoms with Gasteiger partial charge in [0.25, 0.3) is 0 Å². The lowest BCUT2D eigenvalue weighted by molar-refractivity contribution is -0.140. The van der Waals surface area contributed by atoms with E-state index in [2.05, 4.69) is 6.92 Å². The fraction of sp³-hybridized carbons (Fsp3) is 0.909. The van der Waals surface area contributed by atoms with Crippen molar-refractivity contribution >= 4 is 5.91 Å².